The molecule has 1 amide bonds. The number of rotatable bonds is 5. The molecule has 0 atom stereocenters. The summed E-state index contributed by atoms with van der Waals surface area (Å²) < 4.78 is 1.31. The molecular weight excluding hydrogens is 200 g/mol. The van der Waals surface area contributed by atoms with Gasteiger partial charge in [-0.1, -0.05) is 5.21 Å². The summed E-state index contributed by atoms with van der Waals surface area (Å²) in [6.07, 6.45) is 1.26. The van der Waals surface area contributed by atoms with Crippen molar-refractivity contribution < 1.29 is 14.7 Å². The lowest BCUT2D eigenvalue weighted by Gasteiger charge is -2.00. The van der Waals surface area contributed by atoms with Crippen molar-refractivity contribution in [1.82, 2.24) is 20.3 Å². The first-order chi connectivity index (χ1) is 7.11. The fourth-order valence-corrected chi connectivity index (χ4v) is 1.05. The predicted molar refractivity (Wildman–Crippen MR) is 50.0 cm³/mol. The van der Waals surface area contributed by atoms with Crippen molar-refractivity contribution in [2.24, 2.45) is 0 Å². The van der Waals surface area contributed by atoms with Crippen LogP contribution in [-0.2, 0) is 22.6 Å². The molecular formula is C8H12N4O3. The van der Waals surface area contributed by atoms with E-state index in [-0.39, 0.29) is 18.9 Å². The number of carboxylic acids is 1. The first-order valence-corrected chi connectivity index (χ1v) is 4.49. The number of carbonyl (C=O) groups is 2. The van der Waals surface area contributed by atoms with Crippen molar-refractivity contribution in [3.05, 3.63) is 11.9 Å². The number of likely N-dealkylation sites (N-methyl/N-ethyl adjacent to an activating group) is 1. The van der Waals surface area contributed by atoms with Gasteiger partial charge >= 0.3 is 5.97 Å². The maximum Gasteiger partial charge on any atom is 0.309 e. The molecule has 1 heterocycles. The molecule has 0 aromatic carbocycles. The van der Waals surface area contributed by atoms with E-state index in [4.69, 9.17) is 5.11 Å². The molecule has 15 heavy (non-hydrogen) atoms. The van der Waals surface area contributed by atoms with Gasteiger partial charge in [0.1, 0.15) is 6.54 Å². The lowest BCUT2D eigenvalue weighted by atomic mass is 10.3. The van der Waals surface area contributed by atoms with E-state index in [0.717, 1.165) is 0 Å². The number of hydrogen-bond acceptors (Lipinski definition) is 4. The fraction of sp³-hybridized carbons (Fsp3) is 0.500. The number of nitrogens with one attached hydrogen (secondary N) is 1. The number of carbonyl (C=O) groups excluding carboxylic acids is 1. The molecule has 1 aromatic rings. The van der Waals surface area contributed by atoms with Crippen LogP contribution in [0.25, 0.3) is 0 Å². The number of hydrogen-bond donors (Lipinski definition) is 2. The maximum absolute atomic E-state index is 11.1. The van der Waals surface area contributed by atoms with Crippen LogP contribution in [0.1, 0.15) is 12.6 Å². The zero-order valence-electron chi connectivity index (χ0n) is 8.30. The quantitative estimate of drug-likeness (QED) is 0.655. The van der Waals surface area contributed by atoms with Gasteiger partial charge in [-0.05, 0) is 6.92 Å². The van der Waals surface area contributed by atoms with Gasteiger partial charge in [0.15, 0.2) is 0 Å². The molecule has 7 heteroatoms. The monoisotopic (exact) mass is 212 g/mol. The molecule has 0 saturated carbocycles. The van der Waals surface area contributed by atoms with Crippen LogP contribution >= 0.6 is 0 Å². The number of aliphatic carboxylic acids is 1. The predicted octanol–water partition coefficient (Wildman–Crippen LogP) is -0.959. The standard InChI is InChI=1S/C8H12N4O3/c1-2-9-7(13)5-12-4-6(10-11-12)3-8(14)15/h4H,2-3,5H2,1H3,(H,9,13)(H,14,15). The summed E-state index contributed by atoms with van der Waals surface area (Å²) in [6, 6.07) is 0. The molecule has 7 nitrogen and oxygen atoms in total. The molecule has 0 aliphatic carbocycles. The minimum Gasteiger partial charge on any atom is -0.481 e. The van der Waals surface area contributed by atoms with E-state index in [1.807, 2.05) is 6.92 Å². The number of nitrogens with zero attached hydrogens (tertiary/aromatic N) is 3. The Morgan fingerprint density at radius 1 is 1.60 bits per heavy atom. The second-order valence-electron chi connectivity index (χ2n) is 2.93. The Balaban J connectivity index is 2.52. The number of aromatic nitrogens is 3. The summed E-state index contributed by atoms with van der Waals surface area (Å²) in [7, 11) is 0. The molecule has 0 spiro atoms. The minimum atomic E-state index is -0.972. The van der Waals surface area contributed by atoms with E-state index in [1.165, 1.54) is 10.9 Å². The highest BCUT2D eigenvalue weighted by Crippen LogP contribution is 1.94. The highest BCUT2D eigenvalue weighted by atomic mass is 16.4. The number of carboxylic acid groups (broad SMARTS) is 1. The Bertz CT molecular complexity index is 361. The molecule has 0 radical (unpaired) electrons. The second kappa shape index (κ2) is 5.08. The summed E-state index contributed by atoms with van der Waals surface area (Å²) in [5, 5.41) is 18.3. The van der Waals surface area contributed by atoms with Gasteiger partial charge in [0, 0.05) is 12.7 Å². The van der Waals surface area contributed by atoms with E-state index in [9.17, 15) is 9.59 Å². The molecule has 0 aliphatic rings. The van der Waals surface area contributed by atoms with E-state index >= 15 is 0 Å². The van der Waals surface area contributed by atoms with Crippen LogP contribution in [0, 0.1) is 0 Å². The van der Waals surface area contributed by atoms with E-state index < -0.39 is 5.97 Å². The van der Waals surface area contributed by atoms with Gasteiger partial charge in [0.25, 0.3) is 0 Å². The molecule has 1 rings (SSSR count). The van der Waals surface area contributed by atoms with Crippen LogP contribution < -0.4 is 5.32 Å². The summed E-state index contributed by atoms with van der Waals surface area (Å²) >= 11 is 0. The summed E-state index contributed by atoms with van der Waals surface area (Å²) in [6.45, 7) is 2.42. The molecule has 82 valence electrons. The summed E-state index contributed by atoms with van der Waals surface area (Å²) in [4.78, 5) is 21.5. The third-order valence-electron chi connectivity index (χ3n) is 1.60. The normalized spacial score (nSPS) is 9.93. The Morgan fingerprint density at radius 2 is 2.33 bits per heavy atom. The Labute approximate surface area is 86.1 Å². The van der Waals surface area contributed by atoms with Crippen molar-refractivity contribution in [3.8, 4) is 0 Å². The maximum atomic E-state index is 11.1. The van der Waals surface area contributed by atoms with Crippen molar-refractivity contribution in [3.63, 3.8) is 0 Å². The van der Waals surface area contributed by atoms with Gasteiger partial charge < -0.3 is 10.4 Å². The van der Waals surface area contributed by atoms with Gasteiger partial charge in [-0.15, -0.1) is 5.10 Å². The second-order valence-corrected chi connectivity index (χ2v) is 2.93. The molecule has 0 aliphatic heterocycles. The topological polar surface area (TPSA) is 97.1 Å². The smallest absolute Gasteiger partial charge is 0.309 e. The lowest BCUT2D eigenvalue weighted by molar-refractivity contribution is -0.136. The largest absolute Gasteiger partial charge is 0.481 e. The SMILES string of the molecule is CCNC(=O)Cn1cc(CC(=O)O)nn1. The van der Waals surface area contributed by atoms with E-state index in [2.05, 4.69) is 15.6 Å². The first-order valence-electron chi connectivity index (χ1n) is 4.49. The van der Waals surface area contributed by atoms with Crippen LogP contribution in [0.4, 0.5) is 0 Å². The molecule has 1 aromatic heterocycles. The van der Waals surface area contributed by atoms with Crippen molar-refractivity contribution in [2.45, 2.75) is 19.9 Å². The molecule has 0 saturated heterocycles. The zero-order valence-corrected chi connectivity index (χ0v) is 8.30. The first kappa shape index (κ1) is 11.2. The van der Waals surface area contributed by atoms with Gasteiger partial charge in [0.2, 0.25) is 5.91 Å². The molecule has 0 bridgehead atoms. The van der Waals surface area contributed by atoms with Crippen molar-refractivity contribution in [1.29, 1.82) is 0 Å². The van der Waals surface area contributed by atoms with Crippen LogP contribution in [0.2, 0.25) is 0 Å². The number of amides is 1. The van der Waals surface area contributed by atoms with Gasteiger partial charge in [-0.2, -0.15) is 0 Å². The Kier molecular flexibility index (Phi) is 3.78. The minimum absolute atomic E-state index is 0.0560. The van der Waals surface area contributed by atoms with Crippen LogP contribution in [0.15, 0.2) is 6.20 Å². The third-order valence-corrected chi connectivity index (χ3v) is 1.60. The average Bonchev–Trinajstić information content (AvgIpc) is 2.51. The van der Waals surface area contributed by atoms with Gasteiger partial charge in [-0.3, -0.25) is 9.59 Å². The Morgan fingerprint density at radius 3 is 2.93 bits per heavy atom. The summed E-state index contributed by atoms with van der Waals surface area (Å²) in [5.41, 5.74) is 0.340. The molecule has 0 unspecified atom stereocenters. The molecule has 2 N–H and O–H groups in total. The van der Waals surface area contributed by atoms with Gasteiger partial charge in [0.05, 0.1) is 12.1 Å². The van der Waals surface area contributed by atoms with E-state index in [0.29, 0.717) is 12.2 Å². The highest BCUT2D eigenvalue weighted by molar-refractivity contribution is 5.75. The Hall–Kier alpha value is -1.92. The van der Waals surface area contributed by atoms with Crippen LogP contribution in [0.5, 0.6) is 0 Å². The van der Waals surface area contributed by atoms with Gasteiger partial charge in [-0.25, -0.2) is 4.68 Å². The summed E-state index contributed by atoms with van der Waals surface area (Å²) in [5.74, 6) is -1.15. The van der Waals surface area contributed by atoms with Crippen molar-refractivity contribution in [2.75, 3.05) is 6.54 Å². The lowest BCUT2D eigenvalue weighted by Crippen LogP contribution is -2.27. The fourth-order valence-electron chi connectivity index (χ4n) is 1.05. The van der Waals surface area contributed by atoms with Crippen LogP contribution in [-0.4, -0.2) is 38.5 Å². The van der Waals surface area contributed by atoms with Crippen LogP contribution in [0.3, 0.4) is 0 Å². The van der Waals surface area contributed by atoms with E-state index in [1.54, 1.807) is 0 Å². The highest BCUT2D eigenvalue weighted by Gasteiger charge is 2.07. The van der Waals surface area contributed by atoms with Crippen molar-refractivity contribution >= 4 is 11.9 Å². The third kappa shape index (κ3) is 3.75. The zero-order chi connectivity index (χ0) is 11.3. The average molecular weight is 212 g/mol. The molecule has 0 fully saturated rings.